The number of hydrogen-bond acceptors (Lipinski definition) is 2. The summed E-state index contributed by atoms with van der Waals surface area (Å²) in [4.78, 5) is 10.3. The maximum atomic E-state index is 10.3. The second kappa shape index (κ2) is 10.6. The van der Waals surface area contributed by atoms with E-state index < -0.39 is 5.97 Å². The SMILES string of the molecule is CC(C)CCCC(C)NCCCCCC(=O)O. The van der Waals surface area contributed by atoms with Crippen LogP contribution in [0.2, 0.25) is 0 Å². The van der Waals surface area contributed by atoms with E-state index in [-0.39, 0.29) is 0 Å². The molecule has 0 saturated heterocycles. The largest absolute Gasteiger partial charge is 0.481 e. The predicted octanol–water partition coefficient (Wildman–Crippen LogP) is 3.44. The van der Waals surface area contributed by atoms with E-state index in [9.17, 15) is 4.79 Å². The highest BCUT2D eigenvalue weighted by Crippen LogP contribution is 2.08. The van der Waals surface area contributed by atoms with E-state index in [2.05, 4.69) is 26.1 Å². The molecule has 0 amide bonds. The van der Waals surface area contributed by atoms with Crippen LogP contribution < -0.4 is 5.32 Å². The normalized spacial score (nSPS) is 12.9. The van der Waals surface area contributed by atoms with Crippen molar-refractivity contribution in [2.45, 2.75) is 71.8 Å². The zero-order valence-electron chi connectivity index (χ0n) is 11.7. The van der Waals surface area contributed by atoms with Crippen molar-refractivity contribution < 1.29 is 9.90 Å². The molecule has 0 aromatic heterocycles. The number of carbonyl (C=O) groups is 1. The lowest BCUT2D eigenvalue weighted by Crippen LogP contribution is -2.26. The van der Waals surface area contributed by atoms with Crippen LogP contribution in [0.4, 0.5) is 0 Å². The van der Waals surface area contributed by atoms with Crippen LogP contribution in [0.25, 0.3) is 0 Å². The minimum atomic E-state index is -0.681. The van der Waals surface area contributed by atoms with E-state index in [0.29, 0.717) is 12.5 Å². The minimum Gasteiger partial charge on any atom is -0.481 e. The van der Waals surface area contributed by atoms with Gasteiger partial charge in [-0.2, -0.15) is 0 Å². The van der Waals surface area contributed by atoms with Crippen LogP contribution in [0.1, 0.15) is 65.7 Å². The van der Waals surface area contributed by atoms with Crippen molar-refractivity contribution in [3.63, 3.8) is 0 Å². The van der Waals surface area contributed by atoms with Gasteiger partial charge in [0.1, 0.15) is 0 Å². The first-order valence-corrected chi connectivity index (χ1v) is 6.97. The second-order valence-corrected chi connectivity index (χ2v) is 5.38. The van der Waals surface area contributed by atoms with Crippen LogP contribution in [-0.2, 0) is 4.79 Å². The Labute approximate surface area is 106 Å². The molecule has 0 fully saturated rings. The third-order valence-electron chi connectivity index (χ3n) is 2.98. The highest BCUT2D eigenvalue weighted by atomic mass is 16.4. The van der Waals surface area contributed by atoms with E-state index in [0.717, 1.165) is 31.7 Å². The molecule has 1 atom stereocenters. The number of hydrogen-bond donors (Lipinski definition) is 2. The predicted molar refractivity (Wildman–Crippen MR) is 72.3 cm³/mol. The number of rotatable bonds is 11. The molecule has 17 heavy (non-hydrogen) atoms. The number of nitrogens with one attached hydrogen (secondary N) is 1. The van der Waals surface area contributed by atoms with Crippen LogP contribution in [0.5, 0.6) is 0 Å². The molecule has 0 aliphatic rings. The van der Waals surface area contributed by atoms with Gasteiger partial charge in [0.15, 0.2) is 0 Å². The summed E-state index contributed by atoms with van der Waals surface area (Å²) in [6, 6.07) is 0.591. The molecule has 0 aliphatic carbocycles. The number of carboxylic acids is 1. The van der Waals surface area contributed by atoms with Gasteiger partial charge < -0.3 is 10.4 Å². The van der Waals surface area contributed by atoms with E-state index in [1.165, 1.54) is 19.3 Å². The minimum absolute atomic E-state index is 0.309. The van der Waals surface area contributed by atoms with E-state index in [1.807, 2.05) is 0 Å². The van der Waals surface area contributed by atoms with E-state index in [1.54, 1.807) is 0 Å². The molecule has 0 aromatic carbocycles. The monoisotopic (exact) mass is 243 g/mol. The zero-order valence-corrected chi connectivity index (χ0v) is 11.7. The summed E-state index contributed by atoms with van der Waals surface area (Å²) in [5.41, 5.74) is 0. The molecule has 1 unspecified atom stereocenters. The highest BCUT2D eigenvalue weighted by molar-refractivity contribution is 5.66. The number of carboxylic acid groups (broad SMARTS) is 1. The van der Waals surface area contributed by atoms with E-state index in [4.69, 9.17) is 5.11 Å². The highest BCUT2D eigenvalue weighted by Gasteiger charge is 2.02. The lowest BCUT2D eigenvalue weighted by molar-refractivity contribution is -0.137. The van der Waals surface area contributed by atoms with Crippen LogP contribution in [-0.4, -0.2) is 23.7 Å². The summed E-state index contributed by atoms with van der Waals surface area (Å²) < 4.78 is 0. The van der Waals surface area contributed by atoms with Gasteiger partial charge in [0, 0.05) is 12.5 Å². The van der Waals surface area contributed by atoms with Crippen LogP contribution in [0.15, 0.2) is 0 Å². The van der Waals surface area contributed by atoms with Gasteiger partial charge in [-0.1, -0.05) is 33.1 Å². The topological polar surface area (TPSA) is 49.3 Å². The van der Waals surface area contributed by atoms with Gasteiger partial charge >= 0.3 is 5.97 Å². The van der Waals surface area contributed by atoms with Crippen molar-refractivity contribution in [1.29, 1.82) is 0 Å². The standard InChI is InChI=1S/C14H29NO2/c1-12(2)8-7-9-13(3)15-11-6-4-5-10-14(16)17/h12-13,15H,4-11H2,1-3H3,(H,16,17). The molecule has 102 valence electrons. The summed E-state index contributed by atoms with van der Waals surface area (Å²) in [6.07, 6.45) is 7.06. The average Bonchev–Trinajstić information content (AvgIpc) is 2.22. The van der Waals surface area contributed by atoms with Gasteiger partial charge in [-0.3, -0.25) is 4.79 Å². The van der Waals surface area contributed by atoms with Crippen LogP contribution in [0, 0.1) is 5.92 Å². The summed E-state index contributed by atoms with van der Waals surface area (Å²) >= 11 is 0. The Balaban J connectivity index is 3.21. The molecule has 3 heteroatoms. The molecule has 0 heterocycles. The van der Waals surface area contributed by atoms with Crippen molar-refractivity contribution in [2.75, 3.05) is 6.54 Å². The summed E-state index contributed by atoms with van der Waals surface area (Å²) in [5.74, 6) is 0.123. The Morgan fingerprint density at radius 2 is 1.76 bits per heavy atom. The average molecular weight is 243 g/mol. The van der Waals surface area contributed by atoms with Crippen LogP contribution in [0.3, 0.4) is 0 Å². The quantitative estimate of drug-likeness (QED) is 0.547. The van der Waals surface area contributed by atoms with Crippen molar-refractivity contribution in [3.8, 4) is 0 Å². The molecule has 0 aromatic rings. The molecule has 0 aliphatic heterocycles. The smallest absolute Gasteiger partial charge is 0.303 e. The Morgan fingerprint density at radius 3 is 2.35 bits per heavy atom. The maximum Gasteiger partial charge on any atom is 0.303 e. The summed E-state index contributed by atoms with van der Waals surface area (Å²) in [6.45, 7) is 7.78. The third-order valence-corrected chi connectivity index (χ3v) is 2.98. The van der Waals surface area contributed by atoms with Crippen molar-refractivity contribution >= 4 is 5.97 Å². The first kappa shape index (κ1) is 16.4. The van der Waals surface area contributed by atoms with Gasteiger partial charge in [-0.15, -0.1) is 0 Å². The second-order valence-electron chi connectivity index (χ2n) is 5.38. The molecular formula is C14H29NO2. The Morgan fingerprint density at radius 1 is 1.06 bits per heavy atom. The van der Waals surface area contributed by atoms with Crippen molar-refractivity contribution in [3.05, 3.63) is 0 Å². The van der Waals surface area contributed by atoms with Crippen molar-refractivity contribution in [2.24, 2.45) is 5.92 Å². The third kappa shape index (κ3) is 13.4. The fraction of sp³-hybridized carbons (Fsp3) is 0.929. The molecular weight excluding hydrogens is 214 g/mol. The van der Waals surface area contributed by atoms with Gasteiger partial charge in [0.05, 0.1) is 0 Å². The van der Waals surface area contributed by atoms with Crippen molar-refractivity contribution in [1.82, 2.24) is 5.32 Å². The van der Waals surface area contributed by atoms with Crippen LogP contribution >= 0.6 is 0 Å². The Kier molecular flexibility index (Phi) is 10.2. The lowest BCUT2D eigenvalue weighted by atomic mass is 10.0. The van der Waals surface area contributed by atoms with Gasteiger partial charge in [0.2, 0.25) is 0 Å². The number of unbranched alkanes of at least 4 members (excludes halogenated alkanes) is 2. The van der Waals surface area contributed by atoms with E-state index >= 15 is 0 Å². The van der Waals surface area contributed by atoms with Gasteiger partial charge in [-0.05, 0) is 38.6 Å². The zero-order chi connectivity index (χ0) is 13.1. The molecule has 0 rings (SSSR count). The van der Waals surface area contributed by atoms with Gasteiger partial charge in [0.25, 0.3) is 0 Å². The summed E-state index contributed by atoms with van der Waals surface area (Å²) in [5, 5.41) is 12.0. The Bertz CT molecular complexity index is 193. The lowest BCUT2D eigenvalue weighted by Gasteiger charge is -2.14. The molecule has 0 spiro atoms. The Hall–Kier alpha value is -0.570. The maximum absolute atomic E-state index is 10.3. The molecule has 0 saturated carbocycles. The number of aliphatic carboxylic acids is 1. The fourth-order valence-corrected chi connectivity index (χ4v) is 1.86. The molecule has 0 bridgehead atoms. The molecule has 0 radical (unpaired) electrons. The molecule has 2 N–H and O–H groups in total. The fourth-order valence-electron chi connectivity index (χ4n) is 1.86. The summed E-state index contributed by atoms with van der Waals surface area (Å²) in [7, 11) is 0. The molecule has 3 nitrogen and oxygen atoms in total. The first-order valence-electron chi connectivity index (χ1n) is 6.97. The first-order chi connectivity index (χ1) is 8.02. The van der Waals surface area contributed by atoms with Gasteiger partial charge in [-0.25, -0.2) is 0 Å².